The predicted octanol–water partition coefficient (Wildman–Crippen LogP) is 4.87. The monoisotopic (exact) mass is 571 g/mol. The van der Waals surface area contributed by atoms with Gasteiger partial charge in [0.25, 0.3) is 0 Å². The second-order valence-corrected chi connectivity index (χ2v) is 11.6. The SMILES string of the molecule is CCC(C(=O)NC1CCCCC1)N(Cc1ccc(F)cc1)C(=O)CN(c1cccc(C(F)(F)F)c1)S(C)(=O)=O. The fourth-order valence-corrected chi connectivity index (χ4v) is 5.54. The van der Waals surface area contributed by atoms with Crippen LogP contribution in [-0.4, -0.2) is 50.0 Å². The Bertz CT molecular complexity index is 1250. The molecule has 2 amide bonds. The second kappa shape index (κ2) is 12.8. The predicted molar refractivity (Wildman–Crippen MR) is 140 cm³/mol. The average molecular weight is 572 g/mol. The molecule has 2 aromatic carbocycles. The molecule has 1 saturated carbocycles. The van der Waals surface area contributed by atoms with Crippen LogP contribution in [0.4, 0.5) is 23.2 Å². The average Bonchev–Trinajstić information content (AvgIpc) is 2.87. The first-order valence-electron chi connectivity index (χ1n) is 12.8. The van der Waals surface area contributed by atoms with Crippen LogP contribution in [-0.2, 0) is 32.3 Å². The standard InChI is InChI=1S/C27H33F4N3O4S/c1-3-24(26(36)32-22-9-5-4-6-10-22)33(17-19-12-14-21(28)15-13-19)25(35)18-34(39(2,37)38)23-11-7-8-20(16-23)27(29,30)31/h7-8,11-16,22,24H,3-6,9-10,17-18H2,1-2H3,(H,32,36). The van der Waals surface area contributed by atoms with E-state index >= 15 is 0 Å². The molecule has 1 aliphatic rings. The Morgan fingerprint density at radius 3 is 2.26 bits per heavy atom. The number of anilines is 1. The highest BCUT2D eigenvalue weighted by atomic mass is 32.2. The molecule has 0 heterocycles. The molecule has 7 nitrogen and oxygen atoms in total. The zero-order chi connectivity index (χ0) is 28.8. The van der Waals surface area contributed by atoms with Gasteiger partial charge in [0, 0.05) is 12.6 Å². The van der Waals surface area contributed by atoms with Crippen molar-refractivity contribution in [3.8, 4) is 0 Å². The van der Waals surface area contributed by atoms with Crippen LogP contribution in [0.2, 0.25) is 0 Å². The molecule has 1 N–H and O–H groups in total. The van der Waals surface area contributed by atoms with Crippen molar-refractivity contribution in [3.05, 3.63) is 65.5 Å². The Hall–Kier alpha value is -3.15. The van der Waals surface area contributed by atoms with Crippen LogP contribution < -0.4 is 9.62 Å². The van der Waals surface area contributed by atoms with E-state index in [1.165, 1.54) is 35.2 Å². The van der Waals surface area contributed by atoms with Gasteiger partial charge in [0.05, 0.1) is 17.5 Å². The van der Waals surface area contributed by atoms with Gasteiger partial charge < -0.3 is 10.2 Å². The number of halogens is 4. The number of nitrogens with zero attached hydrogens (tertiary/aromatic N) is 2. The number of carbonyl (C=O) groups is 2. The summed E-state index contributed by atoms with van der Waals surface area (Å²) in [7, 11) is -4.19. The van der Waals surface area contributed by atoms with E-state index in [1.54, 1.807) is 6.92 Å². The van der Waals surface area contributed by atoms with Gasteiger partial charge in [-0.2, -0.15) is 13.2 Å². The first kappa shape index (κ1) is 30.4. The topological polar surface area (TPSA) is 86.8 Å². The van der Waals surface area contributed by atoms with Crippen molar-refractivity contribution in [2.45, 2.75) is 70.3 Å². The van der Waals surface area contributed by atoms with Gasteiger partial charge >= 0.3 is 6.18 Å². The van der Waals surface area contributed by atoms with Crippen LogP contribution in [0.3, 0.4) is 0 Å². The number of hydrogen-bond donors (Lipinski definition) is 1. The third kappa shape index (κ3) is 8.42. The van der Waals surface area contributed by atoms with Crippen molar-refractivity contribution in [1.29, 1.82) is 0 Å². The van der Waals surface area contributed by atoms with Gasteiger partial charge in [-0.15, -0.1) is 0 Å². The van der Waals surface area contributed by atoms with Crippen molar-refractivity contribution >= 4 is 27.5 Å². The maximum atomic E-state index is 13.7. The third-order valence-corrected chi connectivity index (χ3v) is 7.88. The molecular formula is C27H33F4N3O4S. The molecule has 1 unspecified atom stereocenters. The van der Waals surface area contributed by atoms with Crippen molar-refractivity contribution in [2.24, 2.45) is 0 Å². The molecule has 0 aliphatic heterocycles. The van der Waals surface area contributed by atoms with E-state index in [2.05, 4.69) is 5.32 Å². The van der Waals surface area contributed by atoms with Gasteiger partial charge in [0.15, 0.2) is 0 Å². The van der Waals surface area contributed by atoms with Crippen LogP contribution in [0.25, 0.3) is 0 Å². The summed E-state index contributed by atoms with van der Waals surface area (Å²) in [6, 6.07) is 7.96. The fraction of sp³-hybridized carbons (Fsp3) is 0.481. The first-order valence-corrected chi connectivity index (χ1v) is 14.6. The number of nitrogens with one attached hydrogen (secondary N) is 1. The molecule has 1 fully saturated rings. The lowest BCUT2D eigenvalue weighted by Gasteiger charge is -2.34. The minimum atomic E-state index is -4.72. The van der Waals surface area contributed by atoms with E-state index in [-0.39, 0.29) is 24.7 Å². The highest BCUT2D eigenvalue weighted by molar-refractivity contribution is 7.92. The summed E-state index contributed by atoms with van der Waals surface area (Å²) in [5, 5.41) is 2.99. The third-order valence-electron chi connectivity index (χ3n) is 6.74. The van der Waals surface area contributed by atoms with Gasteiger partial charge in [-0.05, 0) is 55.2 Å². The number of benzene rings is 2. The van der Waals surface area contributed by atoms with Gasteiger partial charge in [0.2, 0.25) is 21.8 Å². The quantitative estimate of drug-likeness (QED) is 0.413. The Balaban J connectivity index is 1.94. The normalized spacial score (nSPS) is 15.4. The summed E-state index contributed by atoms with van der Waals surface area (Å²) in [5.74, 6) is -1.68. The lowest BCUT2D eigenvalue weighted by atomic mass is 9.95. The minimum absolute atomic E-state index is 0.0410. The van der Waals surface area contributed by atoms with E-state index in [9.17, 15) is 35.6 Å². The molecule has 39 heavy (non-hydrogen) atoms. The molecule has 0 spiro atoms. The van der Waals surface area contributed by atoms with Crippen molar-refractivity contribution in [2.75, 3.05) is 17.1 Å². The maximum absolute atomic E-state index is 13.7. The van der Waals surface area contributed by atoms with Crippen LogP contribution in [0.1, 0.15) is 56.6 Å². The molecule has 2 aromatic rings. The van der Waals surface area contributed by atoms with E-state index in [0.717, 1.165) is 50.5 Å². The maximum Gasteiger partial charge on any atom is 0.416 e. The number of rotatable bonds is 10. The lowest BCUT2D eigenvalue weighted by Crippen LogP contribution is -2.54. The van der Waals surface area contributed by atoms with Crippen LogP contribution in [0.5, 0.6) is 0 Å². The number of hydrogen-bond acceptors (Lipinski definition) is 4. The molecule has 214 valence electrons. The van der Waals surface area contributed by atoms with Gasteiger partial charge in [0.1, 0.15) is 18.4 Å². The summed E-state index contributed by atoms with van der Waals surface area (Å²) in [6.45, 7) is 0.752. The van der Waals surface area contributed by atoms with Crippen LogP contribution >= 0.6 is 0 Å². The van der Waals surface area contributed by atoms with E-state index in [0.29, 0.717) is 15.9 Å². The number of carbonyl (C=O) groups excluding carboxylic acids is 2. The Morgan fingerprint density at radius 2 is 1.69 bits per heavy atom. The zero-order valence-electron chi connectivity index (χ0n) is 21.9. The summed E-state index contributed by atoms with van der Waals surface area (Å²) in [4.78, 5) is 28.2. The van der Waals surface area contributed by atoms with Crippen molar-refractivity contribution in [1.82, 2.24) is 10.2 Å². The van der Waals surface area contributed by atoms with E-state index in [4.69, 9.17) is 0 Å². The first-order chi connectivity index (χ1) is 18.3. The number of sulfonamides is 1. The Labute approximate surface area is 226 Å². The number of alkyl halides is 3. The smallest absolute Gasteiger partial charge is 0.352 e. The van der Waals surface area contributed by atoms with Gasteiger partial charge in [-0.25, -0.2) is 12.8 Å². The zero-order valence-corrected chi connectivity index (χ0v) is 22.7. The van der Waals surface area contributed by atoms with Gasteiger partial charge in [-0.1, -0.05) is 44.4 Å². The Kier molecular flexibility index (Phi) is 9.98. The fourth-order valence-electron chi connectivity index (χ4n) is 4.70. The van der Waals surface area contributed by atoms with Crippen molar-refractivity contribution in [3.63, 3.8) is 0 Å². The molecule has 12 heteroatoms. The van der Waals surface area contributed by atoms with E-state index < -0.39 is 52.0 Å². The summed E-state index contributed by atoms with van der Waals surface area (Å²) < 4.78 is 79.3. The molecule has 0 bridgehead atoms. The molecule has 0 radical (unpaired) electrons. The van der Waals surface area contributed by atoms with Gasteiger partial charge in [-0.3, -0.25) is 13.9 Å². The molecule has 1 aliphatic carbocycles. The second-order valence-electron chi connectivity index (χ2n) is 9.73. The summed E-state index contributed by atoms with van der Waals surface area (Å²) in [5.41, 5.74) is -0.900. The lowest BCUT2D eigenvalue weighted by molar-refractivity contribution is -0.140. The van der Waals surface area contributed by atoms with Crippen LogP contribution in [0.15, 0.2) is 48.5 Å². The van der Waals surface area contributed by atoms with Crippen LogP contribution in [0, 0.1) is 5.82 Å². The molecule has 3 rings (SSSR count). The Morgan fingerprint density at radius 1 is 1.05 bits per heavy atom. The van der Waals surface area contributed by atoms with Crippen molar-refractivity contribution < 1.29 is 35.6 Å². The molecule has 0 saturated heterocycles. The molecular weight excluding hydrogens is 538 g/mol. The molecule has 0 aromatic heterocycles. The summed E-state index contributed by atoms with van der Waals surface area (Å²) in [6.07, 6.45) is 0.918. The van der Waals surface area contributed by atoms with E-state index in [1.807, 2.05) is 0 Å². The molecule has 1 atom stereocenters. The minimum Gasteiger partial charge on any atom is -0.352 e. The highest BCUT2D eigenvalue weighted by Crippen LogP contribution is 2.32. The highest BCUT2D eigenvalue weighted by Gasteiger charge is 2.34. The summed E-state index contributed by atoms with van der Waals surface area (Å²) >= 11 is 0. The largest absolute Gasteiger partial charge is 0.416 e. The number of amides is 2.